The van der Waals surface area contributed by atoms with Gasteiger partial charge in [-0.2, -0.15) is 0 Å². The molecule has 0 spiro atoms. The summed E-state index contributed by atoms with van der Waals surface area (Å²) >= 11 is 0. The lowest BCUT2D eigenvalue weighted by Gasteiger charge is -2.44. The van der Waals surface area contributed by atoms with Crippen LogP contribution in [0.1, 0.15) is 87.8 Å². The van der Waals surface area contributed by atoms with Crippen molar-refractivity contribution in [3.63, 3.8) is 0 Å². The van der Waals surface area contributed by atoms with Crippen LogP contribution in [0.25, 0.3) is 11.1 Å². The van der Waals surface area contributed by atoms with E-state index in [1.165, 1.54) is 49.1 Å². The Kier molecular flexibility index (Phi) is 9.51. The highest BCUT2D eigenvalue weighted by molar-refractivity contribution is 5.78. The van der Waals surface area contributed by atoms with Crippen LogP contribution in [0, 0.1) is 5.41 Å². The Bertz CT molecular complexity index is 972. The number of methoxy groups -OCH3 is 3. The molecule has 2 aromatic carbocycles. The van der Waals surface area contributed by atoms with Gasteiger partial charge < -0.3 is 19.3 Å². The van der Waals surface area contributed by atoms with E-state index in [4.69, 9.17) is 14.2 Å². The first-order valence-corrected chi connectivity index (χ1v) is 13.0. The average molecular weight is 483 g/mol. The summed E-state index contributed by atoms with van der Waals surface area (Å²) in [5.74, 6) is -2.02. The van der Waals surface area contributed by atoms with Gasteiger partial charge in [-0.15, -0.1) is 0 Å². The zero-order valence-corrected chi connectivity index (χ0v) is 22.1. The van der Waals surface area contributed by atoms with Crippen molar-refractivity contribution in [3.05, 3.63) is 59.2 Å². The molecule has 5 heteroatoms. The Labute approximate surface area is 210 Å². The minimum atomic E-state index is -1.59. The molecule has 2 unspecified atom stereocenters. The van der Waals surface area contributed by atoms with Crippen molar-refractivity contribution in [1.82, 2.24) is 0 Å². The SMILES string of the molecule is CCCC(CCCCCCC(C)c1cccc2c1Cc1ccccc1-2)(C(=O)O)C(OC)(OC)OC. The minimum Gasteiger partial charge on any atom is -0.481 e. The van der Waals surface area contributed by atoms with Gasteiger partial charge in [-0.3, -0.25) is 4.79 Å². The van der Waals surface area contributed by atoms with Crippen LogP contribution in [0.3, 0.4) is 0 Å². The summed E-state index contributed by atoms with van der Waals surface area (Å²) < 4.78 is 16.5. The molecule has 0 saturated carbocycles. The second kappa shape index (κ2) is 12.2. The fourth-order valence-corrected chi connectivity index (χ4v) is 6.07. The van der Waals surface area contributed by atoms with Crippen LogP contribution in [-0.4, -0.2) is 38.4 Å². The molecule has 0 amide bonds. The largest absolute Gasteiger partial charge is 0.481 e. The van der Waals surface area contributed by atoms with E-state index in [1.54, 1.807) is 0 Å². The second-order valence-electron chi connectivity index (χ2n) is 9.87. The Hall–Kier alpha value is -2.21. The third kappa shape index (κ3) is 5.32. The predicted octanol–water partition coefficient (Wildman–Crippen LogP) is 7.17. The van der Waals surface area contributed by atoms with E-state index in [9.17, 15) is 9.90 Å². The highest BCUT2D eigenvalue weighted by atomic mass is 16.9. The van der Waals surface area contributed by atoms with Crippen LogP contribution >= 0.6 is 0 Å². The number of hydrogen-bond acceptors (Lipinski definition) is 4. The molecule has 0 radical (unpaired) electrons. The van der Waals surface area contributed by atoms with Crippen molar-refractivity contribution < 1.29 is 24.1 Å². The molecule has 2 aromatic rings. The first-order chi connectivity index (χ1) is 16.9. The Balaban J connectivity index is 1.56. The normalized spacial score (nSPS) is 15.3. The highest BCUT2D eigenvalue weighted by Crippen LogP contribution is 2.45. The van der Waals surface area contributed by atoms with E-state index in [0.717, 1.165) is 38.5 Å². The summed E-state index contributed by atoms with van der Waals surface area (Å²) in [7, 11) is 4.34. The fraction of sp³-hybridized carbons (Fsp3) is 0.567. The van der Waals surface area contributed by atoms with Gasteiger partial charge >= 0.3 is 5.97 Å². The summed E-state index contributed by atoms with van der Waals surface area (Å²) in [6, 6.07) is 15.5. The summed E-state index contributed by atoms with van der Waals surface area (Å²) in [6.07, 6.45) is 7.68. The maximum atomic E-state index is 12.4. The lowest BCUT2D eigenvalue weighted by molar-refractivity contribution is -0.402. The minimum absolute atomic E-state index is 0.427. The zero-order chi connectivity index (χ0) is 25.5. The lowest BCUT2D eigenvalue weighted by Crippen LogP contribution is -2.57. The third-order valence-corrected chi connectivity index (χ3v) is 7.89. The van der Waals surface area contributed by atoms with Crippen molar-refractivity contribution in [2.75, 3.05) is 21.3 Å². The van der Waals surface area contributed by atoms with Gasteiger partial charge in [-0.1, -0.05) is 88.4 Å². The maximum Gasteiger partial charge on any atom is 0.317 e. The van der Waals surface area contributed by atoms with Gasteiger partial charge in [0.15, 0.2) is 0 Å². The first kappa shape index (κ1) is 27.4. The smallest absolute Gasteiger partial charge is 0.317 e. The van der Waals surface area contributed by atoms with Crippen LogP contribution in [0.5, 0.6) is 0 Å². The van der Waals surface area contributed by atoms with Crippen molar-refractivity contribution in [1.29, 1.82) is 0 Å². The molecule has 2 atom stereocenters. The molecule has 0 bridgehead atoms. The molecule has 0 saturated heterocycles. The van der Waals surface area contributed by atoms with Crippen LogP contribution in [-0.2, 0) is 25.4 Å². The van der Waals surface area contributed by atoms with E-state index < -0.39 is 17.4 Å². The molecule has 192 valence electrons. The Morgan fingerprint density at radius 3 is 2.23 bits per heavy atom. The number of rotatable bonds is 15. The van der Waals surface area contributed by atoms with E-state index in [0.29, 0.717) is 25.2 Å². The Morgan fingerprint density at radius 1 is 0.914 bits per heavy atom. The second-order valence-corrected chi connectivity index (χ2v) is 9.87. The number of hydrogen-bond donors (Lipinski definition) is 1. The summed E-state index contributed by atoms with van der Waals surface area (Å²) in [5, 5.41) is 10.2. The van der Waals surface area contributed by atoms with Crippen molar-refractivity contribution >= 4 is 5.97 Å². The lowest BCUT2D eigenvalue weighted by atomic mass is 9.75. The van der Waals surface area contributed by atoms with Gasteiger partial charge in [0.2, 0.25) is 0 Å². The first-order valence-electron chi connectivity index (χ1n) is 13.0. The average Bonchev–Trinajstić information content (AvgIpc) is 3.25. The van der Waals surface area contributed by atoms with Crippen LogP contribution in [0.15, 0.2) is 42.5 Å². The number of ether oxygens (including phenoxy) is 3. The van der Waals surface area contributed by atoms with Gasteiger partial charge in [-0.05, 0) is 59.4 Å². The fourth-order valence-electron chi connectivity index (χ4n) is 6.07. The molecule has 0 heterocycles. The van der Waals surface area contributed by atoms with Crippen molar-refractivity contribution in [2.45, 2.75) is 83.5 Å². The van der Waals surface area contributed by atoms with E-state index in [-0.39, 0.29) is 0 Å². The molecule has 5 nitrogen and oxygen atoms in total. The number of benzene rings is 2. The molecular formula is C30H42O5. The number of fused-ring (bicyclic) bond motifs is 3. The topological polar surface area (TPSA) is 65.0 Å². The van der Waals surface area contributed by atoms with E-state index >= 15 is 0 Å². The Morgan fingerprint density at radius 2 is 1.57 bits per heavy atom. The highest BCUT2D eigenvalue weighted by Gasteiger charge is 2.58. The number of aliphatic carboxylic acids is 1. The molecule has 0 aliphatic heterocycles. The van der Waals surface area contributed by atoms with Crippen LogP contribution in [0.2, 0.25) is 0 Å². The summed E-state index contributed by atoms with van der Waals surface area (Å²) in [5.41, 5.74) is 5.91. The number of carbonyl (C=O) groups is 1. The zero-order valence-electron chi connectivity index (χ0n) is 22.1. The maximum absolute atomic E-state index is 12.4. The quantitative estimate of drug-likeness (QED) is 0.184. The van der Waals surface area contributed by atoms with Crippen molar-refractivity contribution in [2.24, 2.45) is 5.41 Å². The standard InChI is InChI=1S/C30H42O5/c1-6-19-29(28(31)32,30(33-3,34-4)35-5)20-12-8-7-9-14-22(2)24-17-13-18-26-25-16-11-10-15-23(25)21-27(24)26/h10-11,13,15-18,22H,6-9,12,14,19-21H2,1-5H3,(H,31,32). The third-order valence-electron chi connectivity index (χ3n) is 7.89. The van der Waals surface area contributed by atoms with E-state index in [1.807, 2.05) is 6.92 Å². The molecule has 1 aliphatic carbocycles. The van der Waals surface area contributed by atoms with Crippen molar-refractivity contribution in [3.8, 4) is 11.1 Å². The summed E-state index contributed by atoms with van der Waals surface area (Å²) in [4.78, 5) is 12.4. The van der Waals surface area contributed by atoms with Gasteiger partial charge in [0.1, 0.15) is 5.41 Å². The number of unbranched alkanes of at least 4 members (excludes halogenated alkanes) is 3. The molecule has 0 aromatic heterocycles. The molecule has 1 N–H and O–H groups in total. The van der Waals surface area contributed by atoms with Gasteiger partial charge in [-0.25, -0.2) is 0 Å². The predicted molar refractivity (Wildman–Crippen MR) is 140 cm³/mol. The van der Waals surface area contributed by atoms with Gasteiger partial charge in [0, 0.05) is 21.3 Å². The summed E-state index contributed by atoms with van der Waals surface area (Å²) in [6.45, 7) is 4.31. The molecule has 3 rings (SSSR count). The van der Waals surface area contributed by atoms with Gasteiger partial charge in [0.25, 0.3) is 5.97 Å². The van der Waals surface area contributed by atoms with Gasteiger partial charge in [0.05, 0.1) is 0 Å². The molecule has 0 fully saturated rings. The molecule has 35 heavy (non-hydrogen) atoms. The van der Waals surface area contributed by atoms with Crippen LogP contribution in [0.4, 0.5) is 0 Å². The number of carboxylic acid groups (broad SMARTS) is 1. The molecule has 1 aliphatic rings. The number of carboxylic acids is 1. The van der Waals surface area contributed by atoms with Crippen LogP contribution < -0.4 is 0 Å². The molecular weight excluding hydrogens is 440 g/mol. The monoisotopic (exact) mass is 482 g/mol. The van der Waals surface area contributed by atoms with E-state index in [2.05, 4.69) is 49.4 Å².